The highest BCUT2D eigenvalue weighted by molar-refractivity contribution is 6.30. The minimum Gasteiger partial charge on any atom is -0.496 e. The van der Waals surface area contributed by atoms with Gasteiger partial charge in [0.2, 0.25) is 5.91 Å². The highest BCUT2D eigenvalue weighted by Crippen LogP contribution is 2.27. The Labute approximate surface area is 172 Å². The maximum atomic E-state index is 12.4. The number of aromatic carboxylic acids is 1. The number of nitrogens with one attached hydrogen (secondary N) is 1. The molecule has 2 rings (SSSR count). The third-order valence-electron chi connectivity index (χ3n) is 3.63. The Morgan fingerprint density at radius 2 is 1.90 bits per heavy atom. The molecule has 0 saturated heterocycles. The van der Waals surface area contributed by atoms with Crippen LogP contribution in [-0.2, 0) is 16.0 Å². The van der Waals surface area contributed by atoms with Crippen LogP contribution in [-0.4, -0.2) is 40.6 Å². The first kappa shape index (κ1) is 22.2. The van der Waals surface area contributed by atoms with Crippen molar-refractivity contribution in [3.05, 3.63) is 52.2 Å². The first-order valence-electron chi connectivity index (χ1n) is 8.59. The number of carbonyl (C=O) groups is 3. The number of nitrogens with zero attached hydrogens (tertiary/aromatic N) is 1. The van der Waals surface area contributed by atoms with E-state index in [4.69, 9.17) is 21.1 Å². The van der Waals surface area contributed by atoms with Gasteiger partial charge in [0.05, 0.1) is 29.7 Å². The van der Waals surface area contributed by atoms with Crippen LogP contribution in [0.15, 0.2) is 30.5 Å². The zero-order valence-corrected chi connectivity index (χ0v) is 17.2. The summed E-state index contributed by atoms with van der Waals surface area (Å²) in [4.78, 5) is 40.4. The summed E-state index contributed by atoms with van der Waals surface area (Å²) in [5.74, 6) is -2.16. The number of carboxylic acids is 1. The fourth-order valence-corrected chi connectivity index (χ4v) is 2.56. The van der Waals surface area contributed by atoms with Crippen molar-refractivity contribution in [2.24, 2.45) is 0 Å². The second kappa shape index (κ2) is 8.91. The van der Waals surface area contributed by atoms with Gasteiger partial charge in [0.15, 0.2) is 0 Å². The van der Waals surface area contributed by atoms with Crippen LogP contribution in [0.2, 0.25) is 5.02 Å². The van der Waals surface area contributed by atoms with E-state index < -0.39 is 23.4 Å². The highest BCUT2D eigenvalue weighted by atomic mass is 35.5. The summed E-state index contributed by atoms with van der Waals surface area (Å²) in [6.45, 7) is 5.09. The van der Waals surface area contributed by atoms with E-state index in [2.05, 4.69) is 10.3 Å². The zero-order valence-electron chi connectivity index (χ0n) is 16.4. The van der Waals surface area contributed by atoms with Crippen LogP contribution in [0.4, 0.5) is 5.82 Å². The minimum absolute atomic E-state index is 0.0118. The van der Waals surface area contributed by atoms with Gasteiger partial charge in [0.1, 0.15) is 17.2 Å². The number of rotatable bonds is 6. The molecule has 1 aromatic heterocycles. The van der Waals surface area contributed by atoms with Crippen LogP contribution >= 0.6 is 11.6 Å². The summed E-state index contributed by atoms with van der Waals surface area (Å²) >= 11 is 5.76. The van der Waals surface area contributed by atoms with Crippen molar-refractivity contribution >= 4 is 35.3 Å². The number of hydrogen-bond donors (Lipinski definition) is 2. The molecule has 154 valence electrons. The largest absolute Gasteiger partial charge is 0.496 e. The quantitative estimate of drug-likeness (QED) is 0.686. The predicted octanol–water partition coefficient (Wildman–Crippen LogP) is 3.58. The molecule has 0 bridgehead atoms. The van der Waals surface area contributed by atoms with E-state index in [-0.39, 0.29) is 34.7 Å². The van der Waals surface area contributed by atoms with Crippen LogP contribution in [0.3, 0.4) is 0 Å². The van der Waals surface area contributed by atoms with Gasteiger partial charge in [-0.2, -0.15) is 0 Å². The van der Waals surface area contributed by atoms with E-state index in [0.29, 0.717) is 5.02 Å². The Morgan fingerprint density at radius 3 is 2.41 bits per heavy atom. The molecule has 2 N–H and O–H groups in total. The molecule has 1 amide bonds. The molecule has 9 heteroatoms. The summed E-state index contributed by atoms with van der Waals surface area (Å²) in [7, 11) is 1.32. The van der Waals surface area contributed by atoms with Gasteiger partial charge in [-0.3, -0.25) is 4.79 Å². The Balaban J connectivity index is 2.34. The third-order valence-corrected chi connectivity index (χ3v) is 3.85. The smallest absolute Gasteiger partial charge is 0.338 e. The maximum absolute atomic E-state index is 12.4. The predicted molar refractivity (Wildman–Crippen MR) is 107 cm³/mol. The van der Waals surface area contributed by atoms with Gasteiger partial charge < -0.3 is 19.9 Å². The van der Waals surface area contributed by atoms with Crippen LogP contribution < -0.4 is 10.1 Å². The van der Waals surface area contributed by atoms with Crippen LogP contribution in [0.1, 0.15) is 47.1 Å². The monoisotopic (exact) mass is 420 g/mol. The molecule has 0 radical (unpaired) electrons. The van der Waals surface area contributed by atoms with E-state index in [1.165, 1.54) is 31.5 Å². The van der Waals surface area contributed by atoms with Crippen molar-refractivity contribution in [3.8, 4) is 5.75 Å². The molecule has 1 heterocycles. The van der Waals surface area contributed by atoms with Gasteiger partial charge in [-0.25, -0.2) is 14.6 Å². The second-order valence-electron chi connectivity index (χ2n) is 7.10. The average Bonchev–Trinajstić information content (AvgIpc) is 2.62. The Kier molecular flexibility index (Phi) is 6.81. The Morgan fingerprint density at radius 1 is 1.21 bits per heavy atom. The molecule has 0 aliphatic heterocycles. The number of ether oxygens (including phenoxy) is 2. The van der Waals surface area contributed by atoms with Crippen LogP contribution in [0.5, 0.6) is 5.75 Å². The maximum Gasteiger partial charge on any atom is 0.338 e. The van der Waals surface area contributed by atoms with E-state index in [1.807, 2.05) is 0 Å². The first-order chi connectivity index (χ1) is 13.5. The lowest BCUT2D eigenvalue weighted by molar-refractivity contribution is -0.115. The van der Waals surface area contributed by atoms with Crippen molar-refractivity contribution in [2.45, 2.75) is 32.8 Å². The normalized spacial score (nSPS) is 10.9. The number of anilines is 1. The summed E-state index contributed by atoms with van der Waals surface area (Å²) in [6, 6.07) is 5.59. The molecule has 0 atom stereocenters. The summed E-state index contributed by atoms with van der Waals surface area (Å²) in [5.41, 5.74) is -0.849. The van der Waals surface area contributed by atoms with E-state index in [0.717, 1.165) is 0 Å². The van der Waals surface area contributed by atoms with Crippen LogP contribution in [0, 0.1) is 0 Å². The second-order valence-corrected chi connectivity index (χ2v) is 7.53. The average molecular weight is 421 g/mol. The first-order valence-corrected chi connectivity index (χ1v) is 8.97. The van der Waals surface area contributed by atoms with Crippen molar-refractivity contribution < 1.29 is 29.0 Å². The molecule has 0 spiro atoms. The highest BCUT2D eigenvalue weighted by Gasteiger charge is 2.24. The lowest BCUT2D eigenvalue weighted by Gasteiger charge is -2.20. The fourth-order valence-electron chi connectivity index (χ4n) is 2.45. The molecular formula is C20H21ClN2O6. The third kappa shape index (κ3) is 6.18. The molecule has 0 aliphatic carbocycles. The molecule has 0 fully saturated rings. The number of amides is 1. The topological polar surface area (TPSA) is 115 Å². The van der Waals surface area contributed by atoms with Crippen molar-refractivity contribution in [3.63, 3.8) is 0 Å². The number of carbonyl (C=O) groups excluding carboxylic acids is 2. The molecule has 0 aliphatic rings. The van der Waals surface area contributed by atoms with Crippen LogP contribution in [0.25, 0.3) is 0 Å². The van der Waals surface area contributed by atoms with Gasteiger partial charge in [-0.05, 0) is 45.0 Å². The summed E-state index contributed by atoms with van der Waals surface area (Å²) in [5, 5.41) is 12.6. The number of halogens is 1. The van der Waals surface area contributed by atoms with Crippen molar-refractivity contribution in [1.29, 1.82) is 0 Å². The number of methoxy groups -OCH3 is 1. The van der Waals surface area contributed by atoms with Gasteiger partial charge in [0, 0.05) is 11.8 Å². The van der Waals surface area contributed by atoms with Gasteiger partial charge in [0.25, 0.3) is 0 Å². The molecule has 0 saturated carbocycles. The van der Waals surface area contributed by atoms with Crippen molar-refractivity contribution in [2.75, 3.05) is 12.4 Å². The van der Waals surface area contributed by atoms with E-state index in [1.54, 1.807) is 26.8 Å². The number of hydrogen-bond acceptors (Lipinski definition) is 6. The van der Waals surface area contributed by atoms with Gasteiger partial charge in [-0.15, -0.1) is 0 Å². The summed E-state index contributed by atoms with van der Waals surface area (Å²) < 4.78 is 10.5. The molecule has 8 nitrogen and oxygen atoms in total. The number of carboxylic acid groups (broad SMARTS) is 1. The molecule has 0 unspecified atom stereocenters. The lowest BCUT2D eigenvalue weighted by Crippen LogP contribution is -2.24. The number of esters is 1. The zero-order chi connectivity index (χ0) is 21.8. The minimum atomic E-state index is -1.30. The number of benzene rings is 1. The lowest BCUT2D eigenvalue weighted by atomic mass is 9.99. The van der Waals surface area contributed by atoms with E-state index >= 15 is 0 Å². The van der Waals surface area contributed by atoms with Gasteiger partial charge in [-0.1, -0.05) is 11.6 Å². The summed E-state index contributed by atoms with van der Waals surface area (Å²) in [6.07, 6.45) is 1.07. The fraction of sp³-hybridized carbons (Fsp3) is 0.300. The SMILES string of the molecule is COc1cc(C(=O)OC(C)(C)C)cc(C(=O)O)c1CC(=O)Nc1ccc(Cl)cn1. The molecular weight excluding hydrogens is 400 g/mol. The number of pyridine rings is 1. The standard InChI is InChI=1S/C20H21ClN2O6/c1-20(2,3)29-19(27)11-7-14(18(25)26)13(15(8-11)28-4)9-17(24)23-16-6-5-12(21)10-22-16/h5-8,10H,9H2,1-4H3,(H,25,26)(H,22,23,24). The number of aromatic nitrogens is 1. The Hall–Kier alpha value is -3.13. The van der Waals surface area contributed by atoms with E-state index in [9.17, 15) is 19.5 Å². The Bertz CT molecular complexity index is 935. The van der Waals surface area contributed by atoms with Gasteiger partial charge >= 0.3 is 11.9 Å². The molecule has 2 aromatic rings. The van der Waals surface area contributed by atoms with Crippen molar-refractivity contribution in [1.82, 2.24) is 4.98 Å². The molecule has 1 aromatic carbocycles. The molecule has 29 heavy (non-hydrogen) atoms.